The van der Waals surface area contributed by atoms with E-state index in [0.29, 0.717) is 46.2 Å². The Hall–Kier alpha value is -4.02. The number of rotatable bonds is 8. The maximum absolute atomic E-state index is 12.7. The number of para-hydroxylation sites is 1. The van der Waals surface area contributed by atoms with Gasteiger partial charge in [0.25, 0.3) is 11.8 Å². The first-order chi connectivity index (χ1) is 18.3. The minimum atomic E-state index is -0.644. The zero-order valence-corrected chi connectivity index (χ0v) is 21.8. The highest BCUT2D eigenvalue weighted by Gasteiger charge is 2.28. The van der Waals surface area contributed by atoms with Gasteiger partial charge in [-0.3, -0.25) is 25.2 Å². The van der Waals surface area contributed by atoms with Gasteiger partial charge in [0.05, 0.1) is 10.7 Å². The number of benzene rings is 2. The van der Waals surface area contributed by atoms with E-state index >= 15 is 0 Å². The summed E-state index contributed by atoms with van der Waals surface area (Å²) in [4.78, 5) is 37.1. The first kappa shape index (κ1) is 27.0. The Kier molecular flexibility index (Phi) is 8.88. The molecule has 38 heavy (non-hydrogen) atoms. The van der Waals surface area contributed by atoms with E-state index in [1.54, 1.807) is 25.1 Å². The van der Waals surface area contributed by atoms with E-state index in [4.69, 9.17) is 37.1 Å². The van der Waals surface area contributed by atoms with E-state index in [-0.39, 0.29) is 29.7 Å². The number of hydrogen-bond donors (Lipinski definition) is 3. The van der Waals surface area contributed by atoms with E-state index in [0.717, 1.165) is 6.42 Å². The molecule has 0 aliphatic heterocycles. The van der Waals surface area contributed by atoms with Crippen molar-refractivity contribution in [2.24, 2.45) is 5.10 Å². The van der Waals surface area contributed by atoms with Crippen molar-refractivity contribution >= 4 is 46.6 Å². The second kappa shape index (κ2) is 12.5. The Bertz CT molecular complexity index is 1370. The van der Waals surface area contributed by atoms with Gasteiger partial charge >= 0.3 is 5.91 Å². The second-order valence-electron chi connectivity index (χ2n) is 8.27. The summed E-state index contributed by atoms with van der Waals surface area (Å²) in [6, 6.07) is 13.6. The Morgan fingerprint density at radius 1 is 0.974 bits per heavy atom. The first-order valence-corrected chi connectivity index (χ1v) is 12.4. The maximum Gasteiger partial charge on any atom is 0.305 e. The van der Waals surface area contributed by atoms with Crippen LogP contribution in [0.1, 0.15) is 40.3 Å². The normalized spacial score (nSPS) is 13.4. The number of fused-ring (bicyclic) bond motifs is 1. The highest BCUT2D eigenvalue weighted by atomic mass is 35.5. The monoisotopic (exact) mass is 558 g/mol. The number of nitrogens with zero attached hydrogens (tertiary/aromatic N) is 1. The third kappa shape index (κ3) is 6.84. The number of nitrogens with one attached hydrogen (secondary N) is 3. The summed E-state index contributed by atoms with van der Waals surface area (Å²) in [7, 11) is 0. The molecule has 1 aromatic heterocycles. The average molecular weight is 559 g/mol. The van der Waals surface area contributed by atoms with Crippen LogP contribution in [0.25, 0.3) is 0 Å². The lowest BCUT2D eigenvalue weighted by Crippen LogP contribution is -2.43. The van der Waals surface area contributed by atoms with Crippen molar-refractivity contribution in [2.45, 2.75) is 26.2 Å². The number of furan rings is 1. The number of hydrogen-bond acceptors (Lipinski definition) is 7. The molecule has 0 fully saturated rings. The summed E-state index contributed by atoms with van der Waals surface area (Å²) in [6.07, 6.45) is 1.93. The summed E-state index contributed by atoms with van der Waals surface area (Å²) in [6.45, 7) is 1.13. The first-order valence-electron chi connectivity index (χ1n) is 11.6. The van der Waals surface area contributed by atoms with Gasteiger partial charge in [-0.15, -0.1) is 0 Å². The van der Waals surface area contributed by atoms with Gasteiger partial charge in [-0.25, -0.2) is 5.43 Å². The van der Waals surface area contributed by atoms with Crippen LogP contribution in [0.5, 0.6) is 11.5 Å². The molecular formula is C26H24Cl2N4O6. The molecule has 1 aliphatic carbocycles. The molecule has 3 amide bonds. The Labute approximate surface area is 228 Å². The van der Waals surface area contributed by atoms with Crippen molar-refractivity contribution < 1.29 is 28.3 Å². The SMILES string of the molecule is Cc1c(C(=O)NNC(=O)COc2ccc(Cl)cc2Cl)oc2c1/C(=N/NC(=O)COc1ccccc1)CCC2. The molecule has 198 valence electrons. The standard InChI is InChI=1S/C26H24Cl2N4O6/c1-15-24-19(29-30-22(33)13-36-17-6-3-2-4-7-17)8-5-9-21(24)38-25(15)26(35)32-31-23(34)14-37-20-11-10-16(27)12-18(20)28/h2-4,6-7,10-12H,5,8-9,13-14H2,1H3,(H,30,33)(H,31,34)(H,32,35)/b29-19+. The van der Waals surface area contributed by atoms with Crippen molar-refractivity contribution in [3.8, 4) is 11.5 Å². The van der Waals surface area contributed by atoms with Gasteiger partial charge in [-0.2, -0.15) is 5.10 Å². The lowest BCUT2D eigenvalue weighted by Gasteiger charge is -2.13. The van der Waals surface area contributed by atoms with E-state index in [2.05, 4.69) is 21.4 Å². The van der Waals surface area contributed by atoms with Gasteiger partial charge in [-0.1, -0.05) is 41.4 Å². The zero-order chi connectivity index (χ0) is 27.1. The molecule has 2 aromatic carbocycles. The Morgan fingerprint density at radius 2 is 1.74 bits per heavy atom. The zero-order valence-electron chi connectivity index (χ0n) is 20.3. The summed E-state index contributed by atoms with van der Waals surface area (Å²) in [5.74, 6) is -0.209. The fourth-order valence-electron chi connectivity index (χ4n) is 3.78. The minimum Gasteiger partial charge on any atom is -0.484 e. The maximum atomic E-state index is 12.7. The summed E-state index contributed by atoms with van der Waals surface area (Å²) in [5, 5.41) is 4.94. The molecule has 0 bridgehead atoms. The number of carbonyl (C=O) groups excluding carboxylic acids is 3. The number of ether oxygens (including phenoxy) is 2. The quantitative estimate of drug-likeness (QED) is 0.358. The molecule has 3 N–H and O–H groups in total. The Balaban J connectivity index is 1.33. The number of halogens is 2. The van der Waals surface area contributed by atoms with Crippen molar-refractivity contribution in [1.29, 1.82) is 0 Å². The molecule has 0 unspecified atom stereocenters. The number of aryl methyl sites for hydroxylation is 1. The van der Waals surface area contributed by atoms with Crippen LogP contribution < -0.4 is 25.8 Å². The van der Waals surface area contributed by atoms with Crippen LogP contribution >= 0.6 is 23.2 Å². The molecule has 1 aliphatic rings. The number of hydrazine groups is 1. The summed E-state index contributed by atoms with van der Waals surface area (Å²) in [5.41, 5.74) is 8.89. The van der Waals surface area contributed by atoms with Crippen LogP contribution in [0.2, 0.25) is 10.0 Å². The molecule has 10 nitrogen and oxygen atoms in total. The minimum absolute atomic E-state index is 0.0327. The Morgan fingerprint density at radius 3 is 2.50 bits per heavy atom. The predicted octanol–water partition coefficient (Wildman–Crippen LogP) is 3.97. The average Bonchev–Trinajstić information content (AvgIpc) is 3.26. The molecule has 3 aromatic rings. The predicted molar refractivity (Wildman–Crippen MR) is 141 cm³/mol. The second-order valence-corrected chi connectivity index (χ2v) is 9.11. The van der Waals surface area contributed by atoms with Crippen LogP contribution in [0.3, 0.4) is 0 Å². The van der Waals surface area contributed by atoms with Crippen LogP contribution in [0.15, 0.2) is 58.0 Å². The van der Waals surface area contributed by atoms with Gasteiger partial charge in [0, 0.05) is 22.6 Å². The molecule has 0 radical (unpaired) electrons. The lowest BCUT2D eigenvalue weighted by atomic mass is 9.93. The lowest BCUT2D eigenvalue weighted by molar-refractivity contribution is -0.124. The van der Waals surface area contributed by atoms with Gasteiger partial charge < -0.3 is 13.9 Å². The third-order valence-electron chi connectivity index (χ3n) is 5.53. The molecule has 0 saturated heterocycles. The van der Waals surface area contributed by atoms with Crippen LogP contribution in [0, 0.1) is 6.92 Å². The molecule has 4 rings (SSSR count). The summed E-state index contributed by atoms with van der Waals surface area (Å²) < 4.78 is 16.6. The largest absolute Gasteiger partial charge is 0.484 e. The van der Waals surface area contributed by atoms with Gasteiger partial charge in [0.15, 0.2) is 19.0 Å². The smallest absolute Gasteiger partial charge is 0.305 e. The van der Waals surface area contributed by atoms with Crippen molar-refractivity contribution in [2.75, 3.05) is 13.2 Å². The fourth-order valence-corrected chi connectivity index (χ4v) is 4.24. The molecular weight excluding hydrogens is 535 g/mol. The highest BCUT2D eigenvalue weighted by Crippen LogP contribution is 2.30. The van der Waals surface area contributed by atoms with Crippen LogP contribution in [0.4, 0.5) is 0 Å². The summed E-state index contributed by atoms with van der Waals surface area (Å²) >= 11 is 11.9. The van der Waals surface area contributed by atoms with E-state index < -0.39 is 17.7 Å². The van der Waals surface area contributed by atoms with Crippen molar-refractivity contribution in [1.82, 2.24) is 16.3 Å². The van der Waals surface area contributed by atoms with E-state index in [9.17, 15) is 14.4 Å². The van der Waals surface area contributed by atoms with Crippen molar-refractivity contribution in [3.63, 3.8) is 0 Å². The van der Waals surface area contributed by atoms with Crippen LogP contribution in [-0.2, 0) is 16.0 Å². The molecule has 0 spiro atoms. The van der Waals surface area contributed by atoms with Crippen LogP contribution in [-0.4, -0.2) is 36.6 Å². The third-order valence-corrected chi connectivity index (χ3v) is 6.06. The van der Waals surface area contributed by atoms with E-state index in [1.807, 2.05) is 18.2 Å². The number of amides is 3. The fraction of sp³-hybridized carbons (Fsp3) is 0.231. The van der Waals surface area contributed by atoms with Gasteiger partial charge in [0.1, 0.15) is 17.3 Å². The van der Waals surface area contributed by atoms with Gasteiger partial charge in [-0.05, 0) is 50.1 Å². The van der Waals surface area contributed by atoms with E-state index in [1.165, 1.54) is 12.1 Å². The molecule has 0 saturated carbocycles. The number of carbonyl (C=O) groups is 3. The topological polar surface area (TPSA) is 131 Å². The molecule has 1 heterocycles. The highest BCUT2D eigenvalue weighted by molar-refractivity contribution is 6.35. The van der Waals surface area contributed by atoms with Crippen molar-refractivity contribution in [3.05, 3.63) is 81.2 Å². The number of hydrazone groups is 1. The molecule has 12 heteroatoms. The molecule has 0 atom stereocenters. The van der Waals surface area contributed by atoms with Gasteiger partial charge in [0.2, 0.25) is 0 Å².